The van der Waals surface area contributed by atoms with Crippen molar-refractivity contribution in [2.45, 2.75) is 11.3 Å². The first-order valence-electron chi connectivity index (χ1n) is 6.60. The van der Waals surface area contributed by atoms with Crippen molar-refractivity contribution in [1.82, 2.24) is 0 Å². The van der Waals surface area contributed by atoms with Gasteiger partial charge in [-0.2, -0.15) is 10.5 Å². The molecule has 0 saturated heterocycles. The third kappa shape index (κ3) is 3.88. The summed E-state index contributed by atoms with van der Waals surface area (Å²) in [5.41, 5.74) is 7.72. The van der Waals surface area contributed by atoms with Crippen LogP contribution >= 0.6 is 11.8 Å². The average Bonchev–Trinajstić information content (AvgIpc) is 2.54. The molecular formula is C17H13N3OS. The highest BCUT2D eigenvalue weighted by Crippen LogP contribution is 2.21. The fourth-order valence-electron chi connectivity index (χ4n) is 2.04. The molecule has 0 bridgehead atoms. The molecule has 0 fully saturated rings. The van der Waals surface area contributed by atoms with E-state index in [0.29, 0.717) is 23.1 Å². The molecule has 2 rings (SSSR count). The van der Waals surface area contributed by atoms with E-state index >= 15 is 0 Å². The molecule has 0 aliphatic carbocycles. The molecule has 0 unspecified atom stereocenters. The minimum Gasteiger partial charge on any atom is -0.366 e. The zero-order valence-electron chi connectivity index (χ0n) is 11.7. The van der Waals surface area contributed by atoms with Crippen LogP contribution in [0.3, 0.4) is 0 Å². The summed E-state index contributed by atoms with van der Waals surface area (Å²) in [5.74, 6) is 0.236. The second kappa shape index (κ2) is 7.31. The highest BCUT2D eigenvalue weighted by atomic mass is 32.2. The molecule has 2 aromatic carbocycles. The van der Waals surface area contributed by atoms with Gasteiger partial charge in [-0.3, -0.25) is 4.79 Å². The van der Waals surface area contributed by atoms with Crippen LogP contribution in [0.25, 0.3) is 0 Å². The number of carbonyl (C=O) groups is 1. The molecule has 1 amide bonds. The van der Waals surface area contributed by atoms with E-state index in [1.54, 1.807) is 36.0 Å². The number of thioether (sulfide) groups is 1. The van der Waals surface area contributed by atoms with Crippen LogP contribution in [-0.2, 0) is 6.42 Å². The fourth-order valence-corrected chi connectivity index (χ4v) is 2.99. The number of amides is 1. The molecule has 22 heavy (non-hydrogen) atoms. The Hall–Kier alpha value is -2.76. The van der Waals surface area contributed by atoms with Crippen molar-refractivity contribution in [2.24, 2.45) is 5.73 Å². The van der Waals surface area contributed by atoms with Crippen molar-refractivity contribution in [1.29, 1.82) is 10.5 Å². The van der Waals surface area contributed by atoms with Gasteiger partial charge in [-0.1, -0.05) is 6.07 Å². The van der Waals surface area contributed by atoms with E-state index in [0.717, 1.165) is 16.2 Å². The molecule has 0 aliphatic rings. The second-order valence-corrected chi connectivity index (χ2v) is 5.75. The SMILES string of the molecule is N#Cc1cccc(SCCc2cc(C#N)ccc2C(N)=O)c1. The van der Waals surface area contributed by atoms with Gasteiger partial charge in [0.2, 0.25) is 5.91 Å². The largest absolute Gasteiger partial charge is 0.366 e. The number of hydrogen-bond acceptors (Lipinski definition) is 4. The van der Waals surface area contributed by atoms with Gasteiger partial charge in [-0.25, -0.2) is 0 Å². The highest BCUT2D eigenvalue weighted by Gasteiger charge is 2.09. The van der Waals surface area contributed by atoms with Gasteiger partial charge in [0, 0.05) is 16.2 Å². The second-order valence-electron chi connectivity index (χ2n) is 4.59. The first-order valence-corrected chi connectivity index (χ1v) is 7.58. The van der Waals surface area contributed by atoms with E-state index in [1.807, 2.05) is 18.2 Å². The van der Waals surface area contributed by atoms with Crippen LogP contribution in [0, 0.1) is 22.7 Å². The number of rotatable bonds is 5. The highest BCUT2D eigenvalue weighted by molar-refractivity contribution is 7.99. The summed E-state index contributed by atoms with van der Waals surface area (Å²) in [6, 6.07) is 16.4. The lowest BCUT2D eigenvalue weighted by molar-refractivity contribution is 0.0999. The number of nitrogens with two attached hydrogens (primary N) is 1. The molecule has 0 saturated carbocycles. The van der Waals surface area contributed by atoms with Gasteiger partial charge in [-0.05, 0) is 48.4 Å². The summed E-state index contributed by atoms with van der Waals surface area (Å²) in [7, 11) is 0. The van der Waals surface area contributed by atoms with Gasteiger partial charge < -0.3 is 5.73 Å². The summed E-state index contributed by atoms with van der Waals surface area (Å²) in [5, 5.41) is 17.8. The third-order valence-corrected chi connectivity index (χ3v) is 4.10. The fraction of sp³-hybridized carbons (Fsp3) is 0.118. The Balaban J connectivity index is 2.09. The lowest BCUT2D eigenvalue weighted by atomic mass is 10.0. The average molecular weight is 307 g/mol. The standard InChI is InChI=1S/C17H13N3OS/c18-10-12-2-1-3-15(9-12)22-7-6-14-8-13(11-19)4-5-16(14)17(20)21/h1-5,8-9H,6-7H2,(H2,20,21). The van der Waals surface area contributed by atoms with Gasteiger partial charge in [0.1, 0.15) is 0 Å². The van der Waals surface area contributed by atoms with Crippen LogP contribution in [-0.4, -0.2) is 11.7 Å². The van der Waals surface area contributed by atoms with Crippen molar-refractivity contribution >= 4 is 17.7 Å². The number of aryl methyl sites for hydroxylation is 1. The van der Waals surface area contributed by atoms with Crippen molar-refractivity contribution < 1.29 is 4.79 Å². The zero-order chi connectivity index (χ0) is 15.9. The summed E-state index contributed by atoms with van der Waals surface area (Å²) >= 11 is 1.59. The number of carbonyl (C=O) groups excluding carboxylic acids is 1. The van der Waals surface area contributed by atoms with E-state index in [2.05, 4.69) is 12.1 Å². The Bertz CT molecular complexity index is 787. The monoisotopic (exact) mass is 307 g/mol. The first kappa shape index (κ1) is 15.6. The topological polar surface area (TPSA) is 90.7 Å². The minimum absolute atomic E-state index is 0.449. The molecule has 0 heterocycles. The van der Waals surface area contributed by atoms with E-state index in [9.17, 15) is 4.79 Å². The molecule has 108 valence electrons. The van der Waals surface area contributed by atoms with Gasteiger partial charge in [-0.15, -0.1) is 11.8 Å². The molecule has 0 radical (unpaired) electrons. The quantitative estimate of drug-likeness (QED) is 0.860. The van der Waals surface area contributed by atoms with Crippen molar-refractivity contribution in [3.05, 3.63) is 64.7 Å². The maximum atomic E-state index is 11.4. The van der Waals surface area contributed by atoms with Crippen molar-refractivity contribution in [2.75, 3.05) is 5.75 Å². The van der Waals surface area contributed by atoms with Crippen molar-refractivity contribution in [3.63, 3.8) is 0 Å². The summed E-state index contributed by atoms with van der Waals surface area (Å²) < 4.78 is 0. The Morgan fingerprint density at radius 1 is 1.09 bits per heavy atom. The molecule has 0 aliphatic heterocycles. The molecule has 4 nitrogen and oxygen atoms in total. The molecule has 0 spiro atoms. The Labute approximate surface area is 133 Å². The van der Waals surface area contributed by atoms with Crippen LogP contribution < -0.4 is 5.73 Å². The summed E-state index contributed by atoms with van der Waals surface area (Å²) in [4.78, 5) is 12.4. The van der Waals surface area contributed by atoms with Gasteiger partial charge >= 0.3 is 0 Å². The summed E-state index contributed by atoms with van der Waals surface area (Å²) in [6.07, 6.45) is 0.620. The molecular weight excluding hydrogens is 294 g/mol. The molecule has 0 aromatic heterocycles. The number of nitriles is 2. The lowest BCUT2D eigenvalue weighted by Crippen LogP contribution is -2.14. The van der Waals surface area contributed by atoms with Crippen LogP contribution in [0.4, 0.5) is 0 Å². The normalized spacial score (nSPS) is 9.73. The van der Waals surface area contributed by atoms with Crippen LogP contribution in [0.15, 0.2) is 47.4 Å². The maximum Gasteiger partial charge on any atom is 0.248 e. The van der Waals surface area contributed by atoms with E-state index < -0.39 is 5.91 Å². The van der Waals surface area contributed by atoms with Crippen molar-refractivity contribution in [3.8, 4) is 12.1 Å². The van der Waals surface area contributed by atoms with Crippen LogP contribution in [0.2, 0.25) is 0 Å². The smallest absolute Gasteiger partial charge is 0.248 e. The number of nitrogens with zero attached hydrogens (tertiary/aromatic N) is 2. The predicted molar refractivity (Wildman–Crippen MR) is 85.3 cm³/mol. The Kier molecular flexibility index (Phi) is 5.19. The summed E-state index contributed by atoms with van der Waals surface area (Å²) in [6.45, 7) is 0. The maximum absolute atomic E-state index is 11.4. The zero-order valence-corrected chi connectivity index (χ0v) is 12.6. The predicted octanol–water partition coefficient (Wildman–Crippen LogP) is 2.86. The third-order valence-electron chi connectivity index (χ3n) is 3.10. The lowest BCUT2D eigenvalue weighted by Gasteiger charge is -2.07. The van der Waals surface area contributed by atoms with E-state index in [1.165, 1.54) is 0 Å². The van der Waals surface area contributed by atoms with Crippen LogP contribution in [0.5, 0.6) is 0 Å². The molecule has 2 aromatic rings. The van der Waals surface area contributed by atoms with E-state index in [4.69, 9.17) is 16.3 Å². The Morgan fingerprint density at radius 2 is 1.82 bits per heavy atom. The van der Waals surface area contributed by atoms with Crippen LogP contribution in [0.1, 0.15) is 27.0 Å². The first-order chi connectivity index (χ1) is 10.6. The Morgan fingerprint density at radius 3 is 2.50 bits per heavy atom. The van der Waals surface area contributed by atoms with E-state index in [-0.39, 0.29) is 0 Å². The number of hydrogen-bond donors (Lipinski definition) is 1. The van der Waals surface area contributed by atoms with Gasteiger partial charge in [0.05, 0.1) is 23.3 Å². The number of primary amides is 1. The number of benzene rings is 2. The molecule has 5 heteroatoms. The molecule has 0 atom stereocenters. The minimum atomic E-state index is -0.490. The molecule has 2 N–H and O–H groups in total. The van der Waals surface area contributed by atoms with Gasteiger partial charge in [0.25, 0.3) is 0 Å². The van der Waals surface area contributed by atoms with Gasteiger partial charge in [0.15, 0.2) is 0 Å².